The van der Waals surface area contributed by atoms with Crippen LogP contribution in [0.3, 0.4) is 0 Å². The average molecular weight is 243 g/mol. The highest BCUT2D eigenvalue weighted by Gasteiger charge is 2.29. The molecule has 0 spiro atoms. The monoisotopic (exact) mass is 243 g/mol. The third kappa shape index (κ3) is 2.17. The van der Waals surface area contributed by atoms with Gasteiger partial charge in [-0.05, 0) is 37.0 Å². The highest BCUT2D eigenvalue weighted by atomic mass is 16.3. The topological polar surface area (TPSA) is 43.1 Å². The van der Waals surface area contributed by atoms with Crippen molar-refractivity contribution < 1.29 is 9.21 Å². The Morgan fingerprint density at radius 3 is 2.89 bits per heavy atom. The first kappa shape index (κ1) is 11.5. The van der Waals surface area contributed by atoms with Crippen LogP contribution in [0.5, 0.6) is 0 Å². The van der Waals surface area contributed by atoms with E-state index in [-0.39, 0.29) is 5.78 Å². The summed E-state index contributed by atoms with van der Waals surface area (Å²) in [4.78, 5) is 16.5. The summed E-state index contributed by atoms with van der Waals surface area (Å²) in [5.41, 5.74) is 2.34. The van der Waals surface area contributed by atoms with E-state index in [0.717, 1.165) is 22.6 Å². The van der Waals surface area contributed by atoms with Gasteiger partial charge < -0.3 is 4.42 Å². The second-order valence-electron chi connectivity index (χ2n) is 5.53. The molecule has 0 saturated heterocycles. The maximum atomic E-state index is 12.0. The molecule has 2 aromatic rings. The summed E-state index contributed by atoms with van der Waals surface area (Å²) in [6.45, 7) is 4.11. The Balaban J connectivity index is 1.92. The lowest BCUT2D eigenvalue weighted by Crippen LogP contribution is -2.03. The number of carbonyl (C=O) groups is 1. The van der Waals surface area contributed by atoms with E-state index in [1.807, 2.05) is 18.2 Å². The van der Waals surface area contributed by atoms with E-state index in [1.165, 1.54) is 12.8 Å². The number of Topliss-reactive ketones (excluding diaryl/α,β-unsaturated/α-hetero) is 1. The fourth-order valence-corrected chi connectivity index (χ4v) is 2.11. The largest absolute Gasteiger partial charge is 0.440 e. The number of hydrogen-bond acceptors (Lipinski definition) is 3. The van der Waals surface area contributed by atoms with Crippen molar-refractivity contribution in [2.75, 3.05) is 0 Å². The number of carbonyl (C=O) groups excluding carboxylic acids is 1. The summed E-state index contributed by atoms with van der Waals surface area (Å²) in [5, 5.41) is 0. The first-order valence-corrected chi connectivity index (χ1v) is 6.57. The van der Waals surface area contributed by atoms with E-state index in [2.05, 4.69) is 18.8 Å². The van der Waals surface area contributed by atoms with Crippen LogP contribution in [0.2, 0.25) is 0 Å². The van der Waals surface area contributed by atoms with Crippen molar-refractivity contribution in [3.63, 3.8) is 0 Å². The van der Waals surface area contributed by atoms with Crippen molar-refractivity contribution >= 4 is 16.9 Å². The number of ketones is 1. The molecule has 0 radical (unpaired) electrons. The summed E-state index contributed by atoms with van der Waals surface area (Å²) in [7, 11) is 0. The molecule has 0 bridgehead atoms. The normalized spacial score (nSPS) is 15.5. The van der Waals surface area contributed by atoms with E-state index < -0.39 is 0 Å². The van der Waals surface area contributed by atoms with Crippen molar-refractivity contribution in [1.29, 1.82) is 0 Å². The number of nitrogens with zero attached hydrogens (tertiary/aromatic N) is 1. The first-order valence-electron chi connectivity index (χ1n) is 6.57. The van der Waals surface area contributed by atoms with Crippen LogP contribution in [0.1, 0.15) is 55.3 Å². The molecule has 0 aliphatic heterocycles. The molecule has 1 aliphatic carbocycles. The molecule has 3 nitrogen and oxygen atoms in total. The minimum absolute atomic E-state index is 0.183. The zero-order chi connectivity index (χ0) is 12.7. The molecular weight excluding hydrogens is 226 g/mol. The minimum Gasteiger partial charge on any atom is -0.440 e. The van der Waals surface area contributed by atoms with Gasteiger partial charge in [0.25, 0.3) is 0 Å². The maximum Gasteiger partial charge on any atom is 0.198 e. The van der Waals surface area contributed by atoms with Crippen molar-refractivity contribution in [1.82, 2.24) is 4.98 Å². The van der Waals surface area contributed by atoms with Crippen LogP contribution in [0.4, 0.5) is 0 Å². The number of rotatable bonds is 4. The lowest BCUT2D eigenvalue weighted by Gasteiger charge is -2.03. The van der Waals surface area contributed by atoms with E-state index in [4.69, 9.17) is 4.42 Å². The molecule has 18 heavy (non-hydrogen) atoms. The zero-order valence-corrected chi connectivity index (χ0v) is 10.8. The van der Waals surface area contributed by atoms with Crippen LogP contribution in [0.25, 0.3) is 11.1 Å². The van der Waals surface area contributed by atoms with E-state index >= 15 is 0 Å². The van der Waals surface area contributed by atoms with Crippen molar-refractivity contribution in [3.05, 3.63) is 29.7 Å². The molecule has 3 rings (SSSR count). The van der Waals surface area contributed by atoms with Gasteiger partial charge in [0.05, 0.1) is 0 Å². The van der Waals surface area contributed by atoms with Gasteiger partial charge >= 0.3 is 0 Å². The van der Waals surface area contributed by atoms with Gasteiger partial charge in [-0.1, -0.05) is 13.8 Å². The number of benzene rings is 1. The minimum atomic E-state index is 0.183. The Morgan fingerprint density at radius 2 is 2.22 bits per heavy atom. The molecule has 1 aromatic carbocycles. The summed E-state index contributed by atoms with van der Waals surface area (Å²) in [6.07, 6.45) is 2.93. The van der Waals surface area contributed by atoms with Crippen LogP contribution in [-0.4, -0.2) is 10.8 Å². The molecule has 3 heteroatoms. The third-order valence-electron chi connectivity index (χ3n) is 3.25. The van der Waals surface area contributed by atoms with Crippen LogP contribution in [0.15, 0.2) is 22.6 Å². The molecule has 0 unspecified atom stereocenters. The fourth-order valence-electron chi connectivity index (χ4n) is 2.11. The van der Waals surface area contributed by atoms with Gasteiger partial charge in [-0.3, -0.25) is 4.79 Å². The Labute approximate surface area is 106 Å². The number of hydrogen-bond donors (Lipinski definition) is 0. The summed E-state index contributed by atoms with van der Waals surface area (Å²) in [6, 6.07) is 5.56. The van der Waals surface area contributed by atoms with E-state index in [0.29, 0.717) is 18.3 Å². The van der Waals surface area contributed by atoms with Gasteiger partial charge in [-0.2, -0.15) is 0 Å². The first-order chi connectivity index (χ1) is 8.63. The predicted molar refractivity (Wildman–Crippen MR) is 69.8 cm³/mol. The van der Waals surface area contributed by atoms with Crippen LogP contribution in [-0.2, 0) is 0 Å². The summed E-state index contributed by atoms with van der Waals surface area (Å²) < 4.78 is 5.69. The van der Waals surface area contributed by atoms with Crippen LogP contribution in [0, 0.1) is 5.92 Å². The smallest absolute Gasteiger partial charge is 0.198 e. The molecule has 1 aliphatic rings. The quantitative estimate of drug-likeness (QED) is 0.764. The van der Waals surface area contributed by atoms with E-state index in [1.54, 1.807) is 0 Å². The fraction of sp³-hybridized carbons (Fsp3) is 0.467. The molecule has 1 saturated carbocycles. The number of aromatic nitrogens is 1. The van der Waals surface area contributed by atoms with Gasteiger partial charge in [0.15, 0.2) is 17.3 Å². The van der Waals surface area contributed by atoms with Crippen molar-refractivity contribution in [3.8, 4) is 0 Å². The molecule has 0 atom stereocenters. The molecule has 1 heterocycles. The Bertz CT molecular complexity index is 594. The van der Waals surface area contributed by atoms with Gasteiger partial charge in [0.2, 0.25) is 0 Å². The standard InChI is InChI=1S/C15H17NO2/c1-9(2)7-13(17)11-5-6-14-12(8-11)16-15(18-14)10-3-4-10/h5-6,8-10H,3-4,7H2,1-2H3. The lowest BCUT2D eigenvalue weighted by molar-refractivity contribution is 0.0968. The van der Waals surface area contributed by atoms with Crippen molar-refractivity contribution in [2.45, 2.75) is 39.0 Å². The Hall–Kier alpha value is -1.64. The number of fused-ring (bicyclic) bond motifs is 1. The van der Waals surface area contributed by atoms with Gasteiger partial charge in [-0.15, -0.1) is 0 Å². The highest BCUT2D eigenvalue weighted by molar-refractivity contribution is 5.98. The Kier molecular flexibility index (Phi) is 2.69. The van der Waals surface area contributed by atoms with E-state index in [9.17, 15) is 4.79 Å². The van der Waals surface area contributed by atoms with Gasteiger partial charge in [0, 0.05) is 17.9 Å². The summed E-state index contributed by atoms with van der Waals surface area (Å²) >= 11 is 0. The van der Waals surface area contributed by atoms with Crippen LogP contribution < -0.4 is 0 Å². The number of oxazole rings is 1. The molecular formula is C15H17NO2. The molecule has 1 fully saturated rings. The second-order valence-corrected chi connectivity index (χ2v) is 5.53. The molecule has 0 N–H and O–H groups in total. The highest BCUT2D eigenvalue weighted by Crippen LogP contribution is 2.40. The summed E-state index contributed by atoms with van der Waals surface area (Å²) in [5.74, 6) is 1.90. The Morgan fingerprint density at radius 1 is 1.44 bits per heavy atom. The molecule has 0 amide bonds. The predicted octanol–water partition coefficient (Wildman–Crippen LogP) is 3.93. The third-order valence-corrected chi connectivity index (χ3v) is 3.25. The maximum absolute atomic E-state index is 12.0. The van der Waals surface area contributed by atoms with Crippen molar-refractivity contribution in [2.24, 2.45) is 5.92 Å². The zero-order valence-electron chi connectivity index (χ0n) is 10.8. The second kappa shape index (κ2) is 4.23. The molecule has 94 valence electrons. The average Bonchev–Trinajstić information content (AvgIpc) is 3.07. The van der Waals surface area contributed by atoms with Gasteiger partial charge in [0.1, 0.15) is 5.52 Å². The van der Waals surface area contributed by atoms with Crippen LogP contribution >= 0.6 is 0 Å². The SMILES string of the molecule is CC(C)CC(=O)c1ccc2oc(C3CC3)nc2c1. The lowest BCUT2D eigenvalue weighted by atomic mass is 10.0. The van der Waals surface area contributed by atoms with Gasteiger partial charge in [-0.25, -0.2) is 4.98 Å². The molecule has 1 aromatic heterocycles.